The first kappa shape index (κ1) is 22.1. The molecule has 1 aliphatic rings. The predicted molar refractivity (Wildman–Crippen MR) is 127 cm³/mol. The van der Waals surface area contributed by atoms with Crippen LogP contribution in [0, 0.1) is 13.8 Å². The van der Waals surface area contributed by atoms with Gasteiger partial charge in [0.1, 0.15) is 12.4 Å². The maximum absolute atomic E-state index is 13.1. The summed E-state index contributed by atoms with van der Waals surface area (Å²) in [4.78, 5) is 15.0. The number of ether oxygens (including phenoxy) is 2. The average molecular weight is 430 g/mol. The summed E-state index contributed by atoms with van der Waals surface area (Å²) in [5.74, 6) is 1.03. The summed E-state index contributed by atoms with van der Waals surface area (Å²) in [7, 11) is 0. The van der Waals surface area contributed by atoms with Crippen LogP contribution in [0.2, 0.25) is 0 Å². The number of rotatable bonds is 2. The third-order valence-electron chi connectivity index (χ3n) is 5.79. The van der Waals surface area contributed by atoms with Crippen LogP contribution >= 0.6 is 0 Å². The Morgan fingerprint density at radius 2 is 1.66 bits per heavy atom. The molecule has 0 saturated carbocycles. The number of amides is 1. The molecule has 2 bridgehead atoms. The van der Waals surface area contributed by atoms with E-state index in [0.717, 1.165) is 23.3 Å². The van der Waals surface area contributed by atoms with E-state index in [1.165, 1.54) is 22.3 Å². The van der Waals surface area contributed by atoms with Crippen molar-refractivity contribution in [3.63, 3.8) is 0 Å². The number of hydrogen-bond donors (Lipinski definition) is 0. The van der Waals surface area contributed by atoms with E-state index < -0.39 is 0 Å². The van der Waals surface area contributed by atoms with E-state index in [9.17, 15) is 4.79 Å². The zero-order chi connectivity index (χ0) is 22.3. The quantitative estimate of drug-likeness (QED) is 0.583. The highest BCUT2D eigenvalue weighted by Crippen LogP contribution is 2.24. The summed E-state index contributed by atoms with van der Waals surface area (Å²) in [5.41, 5.74) is 6.98. The molecule has 0 spiro atoms. The zero-order valence-electron chi connectivity index (χ0n) is 19.0. The Morgan fingerprint density at radius 1 is 0.875 bits per heavy atom. The Morgan fingerprint density at radius 3 is 2.50 bits per heavy atom. The molecule has 166 valence electrons. The summed E-state index contributed by atoms with van der Waals surface area (Å²) in [5, 5.41) is 0. The molecule has 0 unspecified atom stereocenters. The molecular formula is C28H31NO3. The molecule has 4 nitrogen and oxygen atoms in total. The minimum absolute atomic E-state index is 0.118. The Bertz CT molecular complexity index is 1060. The van der Waals surface area contributed by atoms with Crippen LogP contribution in [0.1, 0.15) is 33.4 Å². The second-order valence-corrected chi connectivity index (χ2v) is 8.55. The van der Waals surface area contributed by atoms with Gasteiger partial charge in [0, 0.05) is 19.5 Å². The first-order valence-corrected chi connectivity index (χ1v) is 11.3. The minimum atomic E-state index is 0.118. The van der Waals surface area contributed by atoms with Crippen molar-refractivity contribution in [3.05, 3.63) is 100 Å². The van der Waals surface area contributed by atoms with E-state index in [-0.39, 0.29) is 5.91 Å². The Balaban J connectivity index is 1.56. The topological polar surface area (TPSA) is 38.8 Å². The van der Waals surface area contributed by atoms with Crippen LogP contribution in [-0.2, 0) is 28.9 Å². The highest BCUT2D eigenvalue weighted by molar-refractivity contribution is 5.78. The summed E-state index contributed by atoms with van der Waals surface area (Å²) < 4.78 is 11.8. The second kappa shape index (κ2) is 10.5. The monoisotopic (exact) mass is 429 g/mol. The van der Waals surface area contributed by atoms with Crippen molar-refractivity contribution in [2.45, 2.75) is 33.2 Å². The molecule has 0 atom stereocenters. The van der Waals surface area contributed by atoms with Crippen molar-refractivity contribution < 1.29 is 14.3 Å². The Labute approximate surface area is 190 Å². The standard InChI is InChI=1S/C28H31NO3/c1-21-6-9-23(10-7-21)19-28(30)29-12-13-31-14-15-32-27-11-8-22(2)16-26(27)18-24-4-3-5-25(17-24)20-29/h3-11,16-17H,12-15,18-20H2,1-2H3. The van der Waals surface area contributed by atoms with Crippen molar-refractivity contribution in [2.24, 2.45) is 0 Å². The van der Waals surface area contributed by atoms with Gasteiger partial charge in [0.15, 0.2) is 0 Å². The molecule has 0 fully saturated rings. The average Bonchev–Trinajstić information content (AvgIpc) is 2.78. The van der Waals surface area contributed by atoms with E-state index in [1.807, 2.05) is 23.1 Å². The fraction of sp³-hybridized carbons (Fsp3) is 0.321. The van der Waals surface area contributed by atoms with Crippen LogP contribution in [0.5, 0.6) is 5.75 Å². The van der Waals surface area contributed by atoms with E-state index in [1.54, 1.807) is 0 Å². The van der Waals surface area contributed by atoms with Crippen LogP contribution in [0.3, 0.4) is 0 Å². The van der Waals surface area contributed by atoms with Crippen LogP contribution in [0.25, 0.3) is 0 Å². The lowest BCUT2D eigenvalue weighted by Crippen LogP contribution is -2.35. The molecule has 4 rings (SSSR count). The molecule has 4 heteroatoms. The number of fused-ring (bicyclic) bond motifs is 3. The van der Waals surface area contributed by atoms with Crippen molar-refractivity contribution in [1.82, 2.24) is 4.90 Å². The van der Waals surface area contributed by atoms with Crippen LogP contribution in [-0.4, -0.2) is 37.2 Å². The van der Waals surface area contributed by atoms with Gasteiger partial charge in [-0.2, -0.15) is 0 Å². The van der Waals surface area contributed by atoms with Gasteiger partial charge in [0.05, 0.1) is 19.6 Å². The first-order chi connectivity index (χ1) is 15.6. The third kappa shape index (κ3) is 5.98. The van der Waals surface area contributed by atoms with Crippen LogP contribution in [0.4, 0.5) is 0 Å². The summed E-state index contributed by atoms with van der Waals surface area (Å²) in [6, 6.07) is 23.0. The van der Waals surface area contributed by atoms with Crippen molar-refractivity contribution in [2.75, 3.05) is 26.4 Å². The molecule has 32 heavy (non-hydrogen) atoms. The van der Waals surface area contributed by atoms with Crippen LogP contribution < -0.4 is 4.74 Å². The van der Waals surface area contributed by atoms with E-state index in [0.29, 0.717) is 39.3 Å². The molecule has 0 aliphatic carbocycles. The fourth-order valence-corrected chi connectivity index (χ4v) is 4.04. The Kier molecular flexibility index (Phi) is 7.23. The second-order valence-electron chi connectivity index (χ2n) is 8.55. The van der Waals surface area contributed by atoms with Gasteiger partial charge in [-0.15, -0.1) is 0 Å². The lowest BCUT2D eigenvalue weighted by atomic mass is 10.00. The van der Waals surface area contributed by atoms with Crippen molar-refractivity contribution >= 4 is 5.91 Å². The molecule has 0 N–H and O–H groups in total. The van der Waals surface area contributed by atoms with Gasteiger partial charge in [-0.25, -0.2) is 0 Å². The maximum atomic E-state index is 13.1. The van der Waals surface area contributed by atoms with Crippen LogP contribution in [0.15, 0.2) is 66.7 Å². The van der Waals surface area contributed by atoms with Gasteiger partial charge in [0.25, 0.3) is 0 Å². The number of carbonyl (C=O) groups is 1. The highest BCUT2D eigenvalue weighted by atomic mass is 16.5. The van der Waals surface area contributed by atoms with E-state index in [2.05, 4.69) is 62.4 Å². The van der Waals surface area contributed by atoms with Gasteiger partial charge in [-0.05, 0) is 42.2 Å². The largest absolute Gasteiger partial charge is 0.491 e. The number of nitrogens with zero attached hydrogens (tertiary/aromatic N) is 1. The smallest absolute Gasteiger partial charge is 0.227 e. The Hall–Kier alpha value is -3.11. The maximum Gasteiger partial charge on any atom is 0.227 e. The number of benzene rings is 3. The third-order valence-corrected chi connectivity index (χ3v) is 5.79. The summed E-state index contributed by atoms with van der Waals surface area (Å²) >= 11 is 0. The molecule has 0 radical (unpaired) electrons. The molecule has 1 aliphatic heterocycles. The molecule has 3 aromatic carbocycles. The zero-order valence-corrected chi connectivity index (χ0v) is 19.0. The van der Waals surface area contributed by atoms with Gasteiger partial charge in [0.2, 0.25) is 5.91 Å². The molecule has 1 amide bonds. The molecule has 0 aromatic heterocycles. The number of carbonyl (C=O) groups excluding carboxylic acids is 1. The van der Waals surface area contributed by atoms with Gasteiger partial charge >= 0.3 is 0 Å². The lowest BCUT2D eigenvalue weighted by molar-refractivity contribution is -0.131. The molecule has 3 aromatic rings. The molecule has 1 heterocycles. The van der Waals surface area contributed by atoms with Gasteiger partial charge in [-0.3, -0.25) is 4.79 Å². The normalized spacial score (nSPS) is 14.8. The van der Waals surface area contributed by atoms with Gasteiger partial charge < -0.3 is 14.4 Å². The van der Waals surface area contributed by atoms with Gasteiger partial charge in [-0.1, -0.05) is 71.8 Å². The van der Waals surface area contributed by atoms with Crippen molar-refractivity contribution in [3.8, 4) is 5.75 Å². The molecular weight excluding hydrogens is 398 g/mol. The molecule has 0 saturated heterocycles. The highest BCUT2D eigenvalue weighted by Gasteiger charge is 2.16. The lowest BCUT2D eigenvalue weighted by Gasteiger charge is -2.24. The first-order valence-electron chi connectivity index (χ1n) is 11.3. The number of aryl methyl sites for hydroxylation is 2. The van der Waals surface area contributed by atoms with E-state index >= 15 is 0 Å². The summed E-state index contributed by atoms with van der Waals surface area (Å²) in [6.07, 6.45) is 1.19. The summed E-state index contributed by atoms with van der Waals surface area (Å²) in [6.45, 7) is 6.78. The predicted octanol–water partition coefficient (Wildman–Crippen LogP) is 4.87. The van der Waals surface area contributed by atoms with Crippen molar-refractivity contribution in [1.29, 1.82) is 0 Å². The van der Waals surface area contributed by atoms with E-state index in [4.69, 9.17) is 9.47 Å². The number of hydrogen-bond acceptors (Lipinski definition) is 3. The minimum Gasteiger partial charge on any atom is -0.491 e. The SMILES string of the molecule is Cc1ccc(CC(=O)N2CCOCCOc3ccc(C)cc3Cc3cccc(c3)C2)cc1. The fourth-order valence-electron chi connectivity index (χ4n) is 4.04.